The molecule has 2 fully saturated rings. The zero-order chi connectivity index (χ0) is 6.27. The van der Waals surface area contributed by atoms with Crippen molar-refractivity contribution in [2.24, 2.45) is 0 Å². The normalized spacial score (nSPS) is 43.7. The van der Waals surface area contributed by atoms with Crippen molar-refractivity contribution in [3.8, 4) is 0 Å². The molecule has 1 unspecified atom stereocenters. The summed E-state index contributed by atoms with van der Waals surface area (Å²) in [5, 5.41) is 3.51. The van der Waals surface area contributed by atoms with Crippen molar-refractivity contribution in [2.75, 3.05) is 20.1 Å². The summed E-state index contributed by atoms with van der Waals surface area (Å²) in [5.41, 5.74) is 0. The van der Waals surface area contributed by atoms with E-state index in [1.807, 2.05) is 0 Å². The molecular formula is C7H14N2. The van der Waals surface area contributed by atoms with Crippen molar-refractivity contribution in [2.45, 2.75) is 24.9 Å². The maximum absolute atomic E-state index is 3.51. The van der Waals surface area contributed by atoms with Crippen LogP contribution in [0.3, 0.4) is 0 Å². The number of rotatable bonds is 0. The van der Waals surface area contributed by atoms with Gasteiger partial charge in [-0.05, 0) is 33.0 Å². The molecule has 0 aromatic rings. The molecule has 0 aromatic carbocycles. The van der Waals surface area contributed by atoms with Crippen LogP contribution >= 0.6 is 0 Å². The first kappa shape index (κ1) is 5.69. The maximum Gasteiger partial charge on any atom is 0.0258 e. The van der Waals surface area contributed by atoms with Crippen molar-refractivity contribution in [1.29, 1.82) is 0 Å². The van der Waals surface area contributed by atoms with Crippen LogP contribution in [0.2, 0.25) is 0 Å². The molecule has 0 amide bonds. The Kier molecular flexibility index (Phi) is 1.24. The van der Waals surface area contributed by atoms with Crippen LogP contribution in [0.5, 0.6) is 0 Å². The van der Waals surface area contributed by atoms with Crippen LogP contribution in [0, 0.1) is 0 Å². The highest BCUT2D eigenvalue weighted by Gasteiger charge is 2.34. The summed E-state index contributed by atoms with van der Waals surface area (Å²) < 4.78 is 0. The van der Waals surface area contributed by atoms with Crippen LogP contribution < -0.4 is 5.32 Å². The van der Waals surface area contributed by atoms with Crippen LogP contribution in [-0.2, 0) is 0 Å². The maximum atomic E-state index is 3.51. The average molecular weight is 126 g/mol. The molecule has 2 nitrogen and oxygen atoms in total. The molecule has 0 radical (unpaired) electrons. The van der Waals surface area contributed by atoms with Gasteiger partial charge in [-0.2, -0.15) is 0 Å². The van der Waals surface area contributed by atoms with Gasteiger partial charge < -0.3 is 10.2 Å². The zero-order valence-electron chi connectivity index (χ0n) is 5.93. The number of likely N-dealkylation sites (tertiary alicyclic amines) is 1. The second-order valence-electron chi connectivity index (χ2n) is 3.19. The molecule has 2 atom stereocenters. The third-order valence-electron chi connectivity index (χ3n) is 2.67. The van der Waals surface area contributed by atoms with Gasteiger partial charge in [0.05, 0.1) is 0 Å². The molecule has 1 N–H and O–H groups in total. The smallest absolute Gasteiger partial charge is 0.0258 e. The van der Waals surface area contributed by atoms with Crippen molar-refractivity contribution in [1.82, 2.24) is 10.2 Å². The fraction of sp³-hybridized carbons (Fsp3) is 1.00. The average Bonchev–Trinajstić information content (AvgIpc) is 2.35. The van der Waals surface area contributed by atoms with Gasteiger partial charge in [0, 0.05) is 12.1 Å². The quantitative estimate of drug-likeness (QED) is 0.493. The Hall–Kier alpha value is -0.0800. The minimum Gasteiger partial charge on any atom is -0.312 e. The molecule has 2 heterocycles. The van der Waals surface area contributed by atoms with Gasteiger partial charge >= 0.3 is 0 Å². The SMILES string of the molecule is CN1CC[C@H]2NCCC21. The number of hydrogen-bond acceptors (Lipinski definition) is 2. The van der Waals surface area contributed by atoms with E-state index in [9.17, 15) is 0 Å². The molecule has 2 aliphatic rings. The summed E-state index contributed by atoms with van der Waals surface area (Å²) in [6, 6.07) is 1.69. The standard InChI is InChI=1S/C7H14N2/c1-9-5-3-6-7(9)2-4-8-6/h6-8H,2-5H2,1H3/t6-,7?/m1/s1. The van der Waals surface area contributed by atoms with Crippen LogP contribution in [0.15, 0.2) is 0 Å². The first-order valence-electron chi connectivity index (χ1n) is 3.81. The number of likely N-dealkylation sites (N-methyl/N-ethyl adjacent to an activating group) is 1. The lowest BCUT2D eigenvalue weighted by molar-refractivity contribution is 0.310. The van der Waals surface area contributed by atoms with Crippen LogP contribution in [0.4, 0.5) is 0 Å². The fourth-order valence-electron chi connectivity index (χ4n) is 2.08. The van der Waals surface area contributed by atoms with Crippen molar-refractivity contribution in [3.05, 3.63) is 0 Å². The first-order valence-corrected chi connectivity index (χ1v) is 3.81. The minimum atomic E-state index is 0.829. The fourth-order valence-corrected chi connectivity index (χ4v) is 2.08. The summed E-state index contributed by atoms with van der Waals surface area (Å²) in [4.78, 5) is 2.48. The lowest BCUT2D eigenvalue weighted by atomic mass is 10.1. The zero-order valence-corrected chi connectivity index (χ0v) is 5.93. The number of nitrogens with zero attached hydrogens (tertiary/aromatic N) is 1. The molecule has 0 spiro atoms. The number of nitrogens with one attached hydrogen (secondary N) is 1. The predicted octanol–water partition coefficient (Wildman–Crippen LogP) is 0.0524. The van der Waals surface area contributed by atoms with Crippen LogP contribution in [0.25, 0.3) is 0 Å². The summed E-state index contributed by atoms with van der Waals surface area (Å²) in [6.45, 7) is 2.53. The van der Waals surface area contributed by atoms with E-state index in [4.69, 9.17) is 0 Å². The third-order valence-corrected chi connectivity index (χ3v) is 2.67. The molecular weight excluding hydrogens is 112 g/mol. The second-order valence-corrected chi connectivity index (χ2v) is 3.19. The predicted molar refractivity (Wildman–Crippen MR) is 37.4 cm³/mol. The van der Waals surface area contributed by atoms with E-state index in [-0.39, 0.29) is 0 Å². The molecule has 2 aliphatic heterocycles. The summed E-state index contributed by atoms with van der Waals surface area (Å²) in [6.07, 6.45) is 2.72. The topological polar surface area (TPSA) is 15.3 Å². The lowest BCUT2D eigenvalue weighted by Crippen LogP contribution is -2.31. The van der Waals surface area contributed by atoms with Crippen LogP contribution in [-0.4, -0.2) is 37.1 Å². The van der Waals surface area contributed by atoms with E-state index in [1.54, 1.807) is 0 Å². The largest absolute Gasteiger partial charge is 0.312 e. The van der Waals surface area contributed by atoms with Gasteiger partial charge in [0.15, 0.2) is 0 Å². The van der Waals surface area contributed by atoms with Crippen molar-refractivity contribution in [3.63, 3.8) is 0 Å². The second kappa shape index (κ2) is 1.96. The summed E-state index contributed by atoms with van der Waals surface area (Å²) in [7, 11) is 2.23. The van der Waals surface area contributed by atoms with E-state index in [0.717, 1.165) is 12.1 Å². The van der Waals surface area contributed by atoms with E-state index in [0.29, 0.717) is 0 Å². The van der Waals surface area contributed by atoms with E-state index < -0.39 is 0 Å². The molecule has 2 heteroatoms. The lowest BCUT2D eigenvalue weighted by Gasteiger charge is -2.16. The van der Waals surface area contributed by atoms with Gasteiger partial charge in [-0.1, -0.05) is 0 Å². The van der Waals surface area contributed by atoms with Gasteiger partial charge in [0.1, 0.15) is 0 Å². The van der Waals surface area contributed by atoms with E-state index >= 15 is 0 Å². The Morgan fingerprint density at radius 2 is 2.33 bits per heavy atom. The molecule has 2 rings (SSSR count). The van der Waals surface area contributed by atoms with Crippen molar-refractivity contribution >= 4 is 0 Å². The molecule has 52 valence electrons. The molecule has 0 aliphatic carbocycles. The molecule has 0 bridgehead atoms. The highest BCUT2D eigenvalue weighted by atomic mass is 15.2. The van der Waals surface area contributed by atoms with Gasteiger partial charge in [0.2, 0.25) is 0 Å². The van der Waals surface area contributed by atoms with Gasteiger partial charge in [-0.25, -0.2) is 0 Å². The van der Waals surface area contributed by atoms with E-state index in [1.165, 1.54) is 25.9 Å². The Morgan fingerprint density at radius 1 is 1.44 bits per heavy atom. The highest BCUT2D eigenvalue weighted by Crippen LogP contribution is 2.22. The van der Waals surface area contributed by atoms with Gasteiger partial charge in [0.25, 0.3) is 0 Å². The first-order chi connectivity index (χ1) is 4.38. The number of hydrogen-bond donors (Lipinski definition) is 1. The third kappa shape index (κ3) is 0.775. The minimum absolute atomic E-state index is 0.829. The molecule has 0 saturated carbocycles. The van der Waals surface area contributed by atoms with E-state index in [2.05, 4.69) is 17.3 Å². The summed E-state index contributed by atoms with van der Waals surface area (Å²) in [5.74, 6) is 0. The van der Waals surface area contributed by atoms with Gasteiger partial charge in [-0.15, -0.1) is 0 Å². The molecule has 9 heavy (non-hydrogen) atoms. The highest BCUT2D eigenvalue weighted by molar-refractivity contribution is 4.95. The van der Waals surface area contributed by atoms with Crippen molar-refractivity contribution < 1.29 is 0 Å². The molecule has 0 aromatic heterocycles. The summed E-state index contributed by atoms with van der Waals surface area (Å²) >= 11 is 0. The Balaban J connectivity index is 2.07. The van der Waals surface area contributed by atoms with Gasteiger partial charge in [-0.3, -0.25) is 0 Å². The molecule has 2 saturated heterocycles. The Bertz CT molecular complexity index is 113. The Morgan fingerprint density at radius 3 is 3.11 bits per heavy atom. The monoisotopic (exact) mass is 126 g/mol. The van der Waals surface area contributed by atoms with Crippen LogP contribution in [0.1, 0.15) is 12.8 Å². The Labute approximate surface area is 56.2 Å². The number of fused-ring (bicyclic) bond motifs is 1.